The van der Waals surface area contributed by atoms with E-state index in [2.05, 4.69) is 4.98 Å². The van der Waals surface area contributed by atoms with Crippen LogP contribution in [0.5, 0.6) is 0 Å². The standard InChI is InChI=1S/C9H12N2O2/c1-7(9(12)13)11(2)8-4-3-5-10-6-8/h3-7H,1-2H3,(H,12,13). The molecule has 0 spiro atoms. The molecular formula is C9H12N2O2. The lowest BCUT2D eigenvalue weighted by molar-refractivity contribution is -0.138. The maximum atomic E-state index is 10.7. The average Bonchev–Trinajstić information content (AvgIpc) is 2.17. The van der Waals surface area contributed by atoms with Gasteiger partial charge in [-0.2, -0.15) is 0 Å². The van der Waals surface area contributed by atoms with E-state index in [0.29, 0.717) is 0 Å². The first-order chi connectivity index (χ1) is 6.13. The van der Waals surface area contributed by atoms with Crippen molar-refractivity contribution in [2.24, 2.45) is 0 Å². The Morgan fingerprint density at radius 1 is 1.69 bits per heavy atom. The molecule has 0 bridgehead atoms. The number of carboxylic acid groups (broad SMARTS) is 1. The van der Waals surface area contributed by atoms with Gasteiger partial charge in [0, 0.05) is 13.2 Å². The molecule has 0 radical (unpaired) electrons. The Balaban J connectivity index is 2.79. The monoisotopic (exact) mass is 180 g/mol. The van der Waals surface area contributed by atoms with E-state index in [4.69, 9.17) is 5.11 Å². The van der Waals surface area contributed by atoms with Gasteiger partial charge in [-0.25, -0.2) is 4.79 Å². The van der Waals surface area contributed by atoms with Gasteiger partial charge in [-0.05, 0) is 19.1 Å². The zero-order chi connectivity index (χ0) is 9.84. The summed E-state index contributed by atoms with van der Waals surface area (Å²) in [6.07, 6.45) is 3.29. The first kappa shape index (κ1) is 9.51. The first-order valence-electron chi connectivity index (χ1n) is 3.98. The Bertz CT molecular complexity index is 287. The van der Waals surface area contributed by atoms with Gasteiger partial charge in [-0.1, -0.05) is 0 Å². The molecule has 1 N–H and O–H groups in total. The van der Waals surface area contributed by atoms with E-state index in [1.807, 2.05) is 6.07 Å². The highest BCUT2D eigenvalue weighted by Gasteiger charge is 2.16. The molecule has 1 aromatic rings. The lowest BCUT2D eigenvalue weighted by Crippen LogP contribution is -2.35. The predicted octanol–water partition coefficient (Wildman–Crippen LogP) is 0.991. The van der Waals surface area contributed by atoms with Crippen LogP contribution in [0, 0.1) is 0 Å². The van der Waals surface area contributed by atoms with Gasteiger partial charge in [-0.15, -0.1) is 0 Å². The Hall–Kier alpha value is -1.58. The number of aromatic nitrogens is 1. The molecule has 1 unspecified atom stereocenters. The van der Waals surface area contributed by atoms with Crippen LogP contribution in [0.25, 0.3) is 0 Å². The third-order valence-electron chi connectivity index (χ3n) is 1.99. The highest BCUT2D eigenvalue weighted by Crippen LogP contribution is 2.12. The number of anilines is 1. The molecule has 4 heteroatoms. The second-order valence-electron chi connectivity index (χ2n) is 2.84. The fourth-order valence-corrected chi connectivity index (χ4v) is 0.952. The van der Waals surface area contributed by atoms with E-state index < -0.39 is 12.0 Å². The van der Waals surface area contributed by atoms with Crippen LogP contribution in [-0.4, -0.2) is 29.1 Å². The van der Waals surface area contributed by atoms with Crippen molar-refractivity contribution in [3.8, 4) is 0 Å². The smallest absolute Gasteiger partial charge is 0.326 e. The molecule has 0 aliphatic heterocycles. The summed E-state index contributed by atoms with van der Waals surface area (Å²) in [7, 11) is 1.73. The summed E-state index contributed by atoms with van der Waals surface area (Å²) in [5, 5.41) is 8.75. The number of carbonyl (C=O) groups is 1. The maximum Gasteiger partial charge on any atom is 0.326 e. The van der Waals surface area contributed by atoms with Gasteiger partial charge in [0.2, 0.25) is 0 Å². The number of nitrogens with zero attached hydrogens (tertiary/aromatic N) is 2. The summed E-state index contributed by atoms with van der Waals surface area (Å²) >= 11 is 0. The number of rotatable bonds is 3. The summed E-state index contributed by atoms with van der Waals surface area (Å²) in [4.78, 5) is 16.2. The highest BCUT2D eigenvalue weighted by molar-refractivity contribution is 5.77. The van der Waals surface area contributed by atoms with Crippen molar-refractivity contribution in [3.63, 3.8) is 0 Å². The van der Waals surface area contributed by atoms with Gasteiger partial charge in [-0.3, -0.25) is 4.98 Å². The normalized spacial score (nSPS) is 12.2. The maximum absolute atomic E-state index is 10.7. The summed E-state index contributed by atoms with van der Waals surface area (Å²) in [5.41, 5.74) is 0.803. The Morgan fingerprint density at radius 3 is 2.85 bits per heavy atom. The number of hydrogen-bond donors (Lipinski definition) is 1. The molecule has 0 amide bonds. The van der Waals surface area contributed by atoms with E-state index >= 15 is 0 Å². The average molecular weight is 180 g/mol. The molecule has 0 saturated heterocycles. The largest absolute Gasteiger partial charge is 0.480 e. The first-order valence-corrected chi connectivity index (χ1v) is 3.98. The molecule has 13 heavy (non-hydrogen) atoms. The zero-order valence-electron chi connectivity index (χ0n) is 7.64. The van der Waals surface area contributed by atoms with Crippen LogP contribution < -0.4 is 4.90 Å². The molecule has 70 valence electrons. The molecule has 1 rings (SSSR count). The van der Waals surface area contributed by atoms with Gasteiger partial charge in [0.05, 0.1) is 11.9 Å². The van der Waals surface area contributed by atoms with Crippen molar-refractivity contribution in [2.45, 2.75) is 13.0 Å². The van der Waals surface area contributed by atoms with Gasteiger partial charge in [0.25, 0.3) is 0 Å². The van der Waals surface area contributed by atoms with Crippen molar-refractivity contribution < 1.29 is 9.90 Å². The molecule has 0 aliphatic carbocycles. The molecule has 4 nitrogen and oxygen atoms in total. The second kappa shape index (κ2) is 3.89. The van der Waals surface area contributed by atoms with Gasteiger partial charge in [0.1, 0.15) is 6.04 Å². The third-order valence-corrected chi connectivity index (χ3v) is 1.99. The zero-order valence-corrected chi connectivity index (χ0v) is 7.64. The minimum Gasteiger partial charge on any atom is -0.480 e. The van der Waals surface area contributed by atoms with Crippen LogP contribution in [0.4, 0.5) is 5.69 Å². The molecular weight excluding hydrogens is 168 g/mol. The molecule has 1 heterocycles. The minimum absolute atomic E-state index is 0.538. The molecule has 1 atom stereocenters. The van der Waals surface area contributed by atoms with Crippen molar-refractivity contribution >= 4 is 11.7 Å². The lowest BCUT2D eigenvalue weighted by atomic mass is 10.2. The van der Waals surface area contributed by atoms with E-state index in [9.17, 15) is 4.79 Å². The number of aliphatic carboxylic acids is 1. The van der Waals surface area contributed by atoms with E-state index in [0.717, 1.165) is 5.69 Å². The van der Waals surface area contributed by atoms with Gasteiger partial charge < -0.3 is 10.0 Å². The highest BCUT2D eigenvalue weighted by atomic mass is 16.4. The SMILES string of the molecule is CC(C(=O)O)N(C)c1cccnc1. The van der Waals surface area contributed by atoms with E-state index in [-0.39, 0.29) is 0 Å². The summed E-state index contributed by atoms with van der Waals surface area (Å²) in [6.45, 7) is 1.63. The summed E-state index contributed by atoms with van der Waals surface area (Å²) in [6, 6.07) is 3.07. The fourth-order valence-electron chi connectivity index (χ4n) is 0.952. The summed E-state index contributed by atoms with van der Waals surface area (Å²) < 4.78 is 0. The number of carboxylic acids is 1. The van der Waals surface area contributed by atoms with Crippen LogP contribution in [0.2, 0.25) is 0 Å². The van der Waals surface area contributed by atoms with Gasteiger partial charge in [0.15, 0.2) is 0 Å². The number of likely N-dealkylation sites (N-methyl/N-ethyl adjacent to an activating group) is 1. The summed E-state index contributed by atoms with van der Waals surface area (Å²) in [5.74, 6) is -0.841. The molecule has 0 saturated carbocycles. The van der Waals surface area contributed by atoms with Crippen LogP contribution in [0.3, 0.4) is 0 Å². The Labute approximate surface area is 76.8 Å². The molecule has 0 aliphatic rings. The Kier molecular flexibility index (Phi) is 2.84. The van der Waals surface area contributed by atoms with Crippen LogP contribution >= 0.6 is 0 Å². The topological polar surface area (TPSA) is 53.4 Å². The van der Waals surface area contributed by atoms with Crippen molar-refractivity contribution in [1.29, 1.82) is 0 Å². The quantitative estimate of drug-likeness (QED) is 0.753. The minimum atomic E-state index is -0.841. The van der Waals surface area contributed by atoms with Crippen molar-refractivity contribution in [1.82, 2.24) is 4.98 Å². The second-order valence-corrected chi connectivity index (χ2v) is 2.84. The molecule has 0 fully saturated rings. The van der Waals surface area contributed by atoms with Crippen LogP contribution in [-0.2, 0) is 4.79 Å². The number of pyridine rings is 1. The van der Waals surface area contributed by atoms with Gasteiger partial charge >= 0.3 is 5.97 Å². The third kappa shape index (κ3) is 2.18. The van der Waals surface area contributed by atoms with Crippen LogP contribution in [0.15, 0.2) is 24.5 Å². The molecule has 1 aromatic heterocycles. The fraction of sp³-hybridized carbons (Fsp3) is 0.333. The van der Waals surface area contributed by atoms with Crippen LogP contribution in [0.1, 0.15) is 6.92 Å². The van der Waals surface area contributed by atoms with Crippen molar-refractivity contribution in [2.75, 3.05) is 11.9 Å². The predicted molar refractivity (Wildman–Crippen MR) is 49.7 cm³/mol. The number of hydrogen-bond acceptors (Lipinski definition) is 3. The Morgan fingerprint density at radius 2 is 2.38 bits per heavy atom. The van der Waals surface area contributed by atoms with E-state index in [1.165, 1.54) is 0 Å². The molecule has 0 aromatic carbocycles. The van der Waals surface area contributed by atoms with Crippen molar-refractivity contribution in [3.05, 3.63) is 24.5 Å². The lowest BCUT2D eigenvalue weighted by Gasteiger charge is -2.22. The van der Waals surface area contributed by atoms with E-state index in [1.54, 1.807) is 37.3 Å².